The van der Waals surface area contributed by atoms with E-state index < -0.39 is 6.61 Å². The fourth-order valence-electron chi connectivity index (χ4n) is 3.08. The normalized spacial score (nSPS) is 15.9. The molecule has 1 amide bonds. The Morgan fingerprint density at radius 3 is 2.41 bits per heavy atom. The molecule has 2 aromatic carbocycles. The number of rotatable bonds is 6. The van der Waals surface area contributed by atoms with Gasteiger partial charge in [0.05, 0.1) is 6.04 Å². The second-order valence-electron chi connectivity index (χ2n) is 6.41. The van der Waals surface area contributed by atoms with Gasteiger partial charge in [0.25, 0.3) is 0 Å². The van der Waals surface area contributed by atoms with E-state index in [2.05, 4.69) is 33.2 Å². The lowest BCUT2D eigenvalue weighted by molar-refractivity contribution is -0.120. The lowest BCUT2D eigenvalue weighted by atomic mass is 9.99. The van der Waals surface area contributed by atoms with E-state index in [1.165, 1.54) is 23.3 Å². The fourth-order valence-corrected chi connectivity index (χ4v) is 3.08. The molecule has 0 radical (unpaired) electrons. The number of benzene rings is 2. The Kier molecular flexibility index (Phi) is 6.19. The van der Waals surface area contributed by atoms with E-state index in [1.54, 1.807) is 12.1 Å². The van der Waals surface area contributed by atoms with Crippen molar-refractivity contribution in [3.63, 3.8) is 0 Å². The molecule has 0 saturated carbocycles. The van der Waals surface area contributed by atoms with Gasteiger partial charge in [-0.1, -0.05) is 36.4 Å². The minimum Gasteiger partial charge on any atom is -0.435 e. The number of amides is 1. The summed E-state index contributed by atoms with van der Waals surface area (Å²) < 4.78 is 28.7. The molecule has 0 fully saturated rings. The molecule has 4 nitrogen and oxygen atoms in total. The third-order valence-corrected chi connectivity index (χ3v) is 4.66. The Hall–Kier alpha value is -2.73. The highest BCUT2D eigenvalue weighted by Crippen LogP contribution is 2.23. The molecule has 1 atom stereocenters. The summed E-state index contributed by atoms with van der Waals surface area (Å²) >= 11 is 0. The maximum absolute atomic E-state index is 12.5. The summed E-state index contributed by atoms with van der Waals surface area (Å²) in [6.07, 6.45) is 3.06. The van der Waals surface area contributed by atoms with Crippen molar-refractivity contribution in [1.82, 2.24) is 4.90 Å². The molecule has 1 N–H and O–H groups in total. The number of hydrogen-bond donors (Lipinski definition) is 1. The van der Waals surface area contributed by atoms with Gasteiger partial charge in [-0.2, -0.15) is 8.78 Å². The minimum atomic E-state index is -2.86. The molecule has 1 aliphatic rings. The number of ether oxygens (including phenoxy) is 1. The molecule has 0 spiro atoms. The average molecular weight is 372 g/mol. The minimum absolute atomic E-state index is 0.0608. The molecule has 27 heavy (non-hydrogen) atoms. The lowest BCUT2D eigenvalue weighted by Crippen LogP contribution is -2.44. The van der Waals surface area contributed by atoms with Gasteiger partial charge in [0.1, 0.15) is 5.75 Å². The van der Waals surface area contributed by atoms with Crippen LogP contribution >= 0.6 is 0 Å². The zero-order valence-electron chi connectivity index (χ0n) is 15.1. The van der Waals surface area contributed by atoms with Crippen molar-refractivity contribution in [2.24, 2.45) is 0 Å². The zero-order chi connectivity index (χ0) is 19.2. The number of carbonyl (C=O) groups excluding carboxylic acids is 1. The second-order valence-corrected chi connectivity index (χ2v) is 6.41. The van der Waals surface area contributed by atoms with Crippen molar-refractivity contribution >= 4 is 17.2 Å². The van der Waals surface area contributed by atoms with Crippen LogP contribution in [-0.2, 0) is 4.79 Å². The highest BCUT2D eigenvalue weighted by molar-refractivity contribution is 5.94. The van der Waals surface area contributed by atoms with Crippen LogP contribution in [0.2, 0.25) is 0 Å². The number of hydrogen-bond acceptors (Lipinski definition) is 3. The third kappa shape index (κ3) is 5.14. The highest BCUT2D eigenvalue weighted by atomic mass is 19.3. The summed E-state index contributed by atoms with van der Waals surface area (Å²) in [5.41, 5.74) is 3.07. The molecule has 0 bridgehead atoms. The summed E-state index contributed by atoms with van der Waals surface area (Å²) in [4.78, 5) is 14.6. The fraction of sp³-hybridized carbons (Fsp3) is 0.286. The molecule has 0 aliphatic carbocycles. The topological polar surface area (TPSA) is 41.6 Å². The van der Waals surface area contributed by atoms with Crippen LogP contribution in [0.1, 0.15) is 18.9 Å². The number of nitrogens with one attached hydrogen (secondary N) is 1. The van der Waals surface area contributed by atoms with Gasteiger partial charge in [-0.15, -0.1) is 0 Å². The number of carbonyl (C=O) groups is 1. The molecule has 1 aliphatic heterocycles. The summed E-state index contributed by atoms with van der Waals surface area (Å²) in [6, 6.07) is 15.8. The van der Waals surface area contributed by atoms with Gasteiger partial charge in [-0.3, -0.25) is 9.69 Å². The molecule has 0 aromatic heterocycles. The number of halogens is 2. The molecule has 0 saturated heterocycles. The predicted octanol–water partition coefficient (Wildman–Crippen LogP) is 4.40. The van der Waals surface area contributed by atoms with Crippen LogP contribution in [0.4, 0.5) is 14.5 Å². The summed E-state index contributed by atoms with van der Waals surface area (Å²) in [5, 5.41) is 2.82. The number of anilines is 1. The van der Waals surface area contributed by atoms with Crippen LogP contribution < -0.4 is 10.1 Å². The van der Waals surface area contributed by atoms with Crippen molar-refractivity contribution in [2.45, 2.75) is 26.0 Å². The smallest absolute Gasteiger partial charge is 0.387 e. The van der Waals surface area contributed by atoms with E-state index in [-0.39, 0.29) is 17.7 Å². The number of nitrogens with zero attached hydrogens (tertiary/aromatic N) is 1. The van der Waals surface area contributed by atoms with Gasteiger partial charge in [0.15, 0.2) is 0 Å². The van der Waals surface area contributed by atoms with Gasteiger partial charge in [0, 0.05) is 18.8 Å². The zero-order valence-corrected chi connectivity index (χ0v) is 15.1. The largest absolute Gasteiger partial charge is 0.435 e. The van der Waals surface area contributed by atoms with E-state index in [9.17, 15) is 13.6 Å². The van der Waals surface area contributed by atoms with Crippen LogP contribution in [0.15, 0.2) is 60.7 Å². The second kappa shape index (κ2) is 8.77. The molecule has 0 unspecified atom stereocenters. The summed E-state index contributed by atoms with van der Waals surface area (Å²) in [5.74, 6) is -0.0697. The third-order valence-electron chi connectivity index (χ3n) is 4.66. The average Bonchev–Trinajstić information content (AvgIpc) is 2.69. The molecule has 1 heterocycles. The molecular weight excluding hydrogens is 350 g/mol. The van der Waals surface area contributed by atoms with Gasteiger partial charge in [0.2, 0.25) is 5.91 Å². The monoisotopic (exact) mass is 372 g/mol. The van der Waals surface area contributed by atoms with E-state index in [4.69, 9.17) is 0 Å². The standard InChI is InChI=1S/C21H22F2N2O2/c1-15(20(26)24-18-7-9-19(10-8-18)27-21(22)23)25-13-11-17(12-14-25)16-5-3-2-4-6-16/h2-11,15,21H,12-14H2,1H3,(H,24,26)/t15-/m1/s1. The van der Waals surface area contributed by atoms with Crippen LogP contribution in [0.5, 0.6) is 5.75 Å². The number of alkyl halides is 2. The maximum Gasteiger partial charge on any atom is 0.387 e. The van der Waals surface area contributed by atoms with Gasteiger partial charge in [-0.05, 0) is 48.7 Å². The molecular formula is C21H22F2N2O2. The molecule has 6 heteroatoms. The molecule has 2 aromatic rings. The SMILES string of the molecule is C[C@H](C(=O)Nc1ccc(OC(F)F)cc1)N1CC=C(c2ccccc2)CC1. The Labute approximate surface area is 157 Å². The molecule has 142 valence electrons. The van der Waals surface area contributed by atoms with Gasteiger partial charge in [-0.25, -0.2) is 0 Å². The highest BCUT2D eigenvalue weighted by Gasteiger charge is 2.23. The van der Waals surface area contributed by atoms with Crippen molar-refractivity contribution in [1.29, 1.82) is 0 Å². The van der Waals surface area contributed by atoms with E-state index in [1.807, 2.05) is 25.1 Å². The first-order valence-corrected chi connectivity index (χ1v) is 8.87. The quantitative estimate of drug-likeness (QED) is 0.817. The predicted molar refractivity (Wildman–Crippen MR) is 102 cm³/mol. The first kappa shape index (κ1) is 19.0. The van der Waals surface area contributed by atoms with Crippen molar-refractivity contribution in [3.8, 4) is 5.75 Å². The van der Waals surface area contributed by atoms with Crippen LogP contribution in [0.25, 0.3) is 5.57 Å². The first-order chi connectivity index (χ1) is 13.0. The lowest BCUT2D eigenvalue weighted by Gasteiger charge is -2.31. The molecule has 3 rings (SSSR count). The van der Waals surface area contributed by atoms with Gasteiger partial charge < -0.3 is 10.1 Å². The Bertz CT molecular complexity index is 792. The van der Waals surface area contributed by atoms with E-state index >= 15 is 0 Å². The Morgan fingerprint density at radius 1 is 1.11 bits per heavy atom. The van der Waals surface area contributed by atoms with E-state index in [0.29, 0.717) is 12.2 Å². The van der Waals surface area contributed by atoms with Crippen molar-refractivity contribution in [2.75, 3.05) is 18.4 Å². The van der Waals surface area contributed by atoms with Crippen molar-refractivity contribution < 1.29 is 18.3 Å². The van der Waals surface area contributed by atoms with E-state index in [0.717, 1.165) is 13.0 Å². The Morgan fingerprint density at radius 2 is 1.81 bits per heavy atom. The summed E-state index contributed by atoms with van der Waals surface area (Å²) in [6.45, 7) is 0.514. The van der Waals surface area contributed by atoms with Gasteiger partial charge >= 0.3 is 6.61 Å². The maximum atomic E-state index is 12.5. The van der Waals surface area contributed by atoms with Crippen molar-refractivity contribution in [3.05, 3.63) is 66.2 Å². The first-order valence-electron chi connectivity index (χ1n) is 8.87. The van der Waals surface area contributed by atoms with Crippen LogP contribution in [0.3, 0.4) is 0 Å². The van der Waals surface area contributed by atoms with Crippen LogP contribution in [0, 0.1) is 0 Å². The summed E-state index contributed by atoms with van der Waals surface area (Å²) in [7, 11) is 0. The Balaban J connectivity index is 1.56. The van der Waals surface area contributed by atoms with Crippen LogP contribution in [-0.4, -0.2) is 36.5 Å².